The summed E-state index contributed by atoms with van der Waals surface area (Å²) in [5, 5.41) is 7.40. The number of aromatic nitrogens is 3. The van der Waals surface area contributed by atoms with Gasteiger partial charge < -0.3 is 10.1 Å². The largest absolute Gasteiger partial charge is 0.463 e. The zero-order valence-electron chi connectivity index (χ0n) is 15.2. The lowest BCUT2D eigenvalue weighted by Gasteiger charge is -2.07. The molecule has 0 atom stereocenters. The van der Waals surface area contributed by atoms with E-state index in [1.165, 1.54) is 11.4 Å². The first kappa shape index (κ1) is 18.1. The first-order chi connectivity index (χ1) is 12.9. The second kappa shape index (κ2) is 6.88. The lowest BCUT2D eigenvalue weighted by molar-refractivity contribution is -0.114. The van der Waals surface area contributed by atoms with E-state index in [9.17, 15) is 9.59 Å². The highest BCUT2D eigenvalue weighted by Gasteiger charge is 2.24. The number of carbonyl (C=O) groups excluding carboxylic acids is 2. The summed E-state index contributed by atoms with van der Waals surface area (Å²) < 4.78 is 6.37. The molecule has 0 aliphatic carbocycles. The number of anilines is 1. The van der Waals surface area contributed by atoms with Crippen molar-refractivity contribution < 1.29 is 14.3 Å². The number of esters is 1. The highest BCUT2D eigenvalue weighted by Crippen LogP contribution is 2.28. The molecule has 0 bridgehead atoms. The molecular weight excluding hydrogens is 346 g/mol. The summed E-state index contributed by atoms with van der Waals surface area (Å²) in [5.41, 5.74) is 2.61. The van der Waals surface area contributed by atoms with E-state index in [1.807, 2.05) is 19.1 Å². The zero-order valence-corrected chi connectivity index (χ0v) is 15.2. The molecule has 136 valence electrons. The van der Waals surface area contributed by atoms with E-state index < -0.39 is 5.97 Å². The molecule has 1 amide bonds. The number of nitrogens with zero attached hydrogens (tertiary/aromatic N) is 4. The number of hydrogen-bond acceptors (Lipinski definition) is 5. The predicted molar refractivity (Wildman–Crippen MR) is 100 cm³/mol. The summed E-state index contributed by atoms with van der Waals surface area (Å²) >= 11 is 0. The minimum absolute atomic E-state index is 0.0615. The molecular formula is C19H17N5O3. The maximum absolute atomic E-state index is 12.1. The van der Waals surface area contributed by atoms with Gasteiger partial charge in [0.15, 0.2) is 11.5 Å². The van der Waals surface area contributed by atoms with Crippen LogP contribution in [-0.4, -0.2) is 33.1 Å². The normalized spacial score (nSPS) is 10.6. The number of nitrogens with one attached hydrogen (secondary N) is 1. The molecule has 1 aromatic carbocycles. The Hall–Kier alpha value is -3.73. The Morgan fingerprint density at radius 2 is 2.15 bits per heavy atom. The predicted octanol–water partition coefficient (Wildman–Crippen LogP) is 2.52. The monoisotopic (exact) mass is 363 g/mol. The zero-order chi connectivity index (χ0) is 19.7. The highest BCUT2D eigenvalue weighted by molar-refractivity contribution is 6.00. The van der Waals surface area contributed by atoms with E-state index in [4.69, 9.17) is 11.3 Å². The average molecular weight is 363 g/mol. The third-order valence-electron chi connectivity index (χ3n) is 4.00. The summed E-state index contributed by atoms with van der Waals surface area (Å²) in [7, 11) is 0. The molecule has 3 rings (SSSR count). The van der Waals surface area contributed by atoms with E-state index in [2.05, 4.69) is 26.8 Å². The van der Waals surface area contributed by atoms with Crippen molar-refractivity contribution in [3.05, 3.63) is 46.1 Å². The van der Waals surface area contributed by atoms with Gasteiger partial charge in [-0.3, -0.25) is 4.79 Å². The van der Waals surface area contributed by atoms with Crippen LogP contribution < -0.4 is 10.7 Å². The number of aryl methyl sites for hydroxylation is 1. The van der Waals surface area contributed by atoms with Crippen LogP contribution in [0.25, 0.3) is 28.5 Å². The second-order valence-corrected chi connectivity index (χ2v) is 5.88. The summed E-state index contributed by atoms with van der Waals surface area (Å²) in [6.07, 6.45) is 0. The van der Waals surface area contributed by atoms with Crippen molar-refractivity contribution in [1.82, 2.24) is 14.6 Å². The molecule has 8 heteroatoms. The van der Waals surface area contributed by atoms with Crippen LogP contribution in [0.3, 0.4) is 0 Å². The first-order valence-electron chi connectivity index (χ1n) is 8.21. The summed E-state index contributed by atoms with van der Waals surface area (Å²) in [4.78, 5) is 31.3. The number of carbonyl (C=O) groups is 2. The van der Waals surface area contributed by atoms with Crippen LogP contribution in [0.15, 0.2) is 18.2 Å². The van der Waals surface area contributed by atoms with Crippen molar-refractivity contribution in [3.8, 4) is 11.4 Å². The molecule has 27 heavy (non-hydrogen) atoms. The van der Waals surface area contributed by atoms with Gasteiger partial charge in [0.05, 0.1) is 24.1 Å². The van der Waals surface area contributed by atoms with Gasteiger partial charge >= 0.3 is 5.97 Å². The van der Waals surface area contributed by atoms with Crippen molar-refractivity contribution in [2.45, 2.75) is 20.8 Å². The quantitative estimate of drug-likeness (QED) is 0.568. The number of benzene rings is 1. The average Bonchev–Trinajstić information content (AvgIpc) is 3.15. The van der Waals surface area contributed by atoms with Crippen LogP contribution in [0.5, 0.6) is 0 Å². The van der Waals surface area contributed by atoms with Gasteiger partial charge in [-0.15, -0.1) is 5.10 Å². The molecule has 2 aromatic heterocycles. The topological polar surface area (TPSA) is 90.0 Å². The number of ether oxygens (including phenoxy) is 1. The molecule has 0 spiro atoms. The molecule has 2 heterocycles. The molecule has 8 nitrogen and oxygen atoms in total. The fraction of sp³-hybridized carbons (Fsp3) is 0.211. The summed E-state index contributed by atoms with van der Waals surface area (Å²) in [6.45, 7) is 16.5. The van der Waals surface area contributed by atoms with Gasteiger partial charge in [-0.1, -0.05) is 18.7 Å². The van der Waals surface area contributed by atoms with Gasteiger partial charge in [0.1, 0.15) is 0 Å². The van der Waals surface area contributed by atoms with Gasteiger partial charge in [0, 0.05) is 18.2 Å². The maximum atomic E-state index is 12.1. The second-order valence-electron chi connectivity index (χ2n) is 5.88. The van der Waals surface area contributed by atoms with Crippen molar-refractivity contribution in [1.29, 1.82) is 0 Å². The molecule has 0 fully saturated rings. The fourth-order valence-corrected chi connectivity index (χ4v) is 2.74. The van der Waals surface area contributed by atoms with Crippen LogP contribution in [0.1, 0.15) is 29.8 Å². The summed E-state index contributed by atoms with van der Waals surface area (Å²) in [6, 6.07) is 5.43. The van der Waals surface area contributed by atoms with Crippen LogP contribution in [-0.2, 0) is 9.53 Å². The molecule has 3 aromatic rings. The Bertz CT molecular complexity index is 1160. The molecule has 0 radical (unpaired) electrons. The Balaban J connectivity index is 2.14. The van der Waals surface area contributed by atoms with Gasteiger partial charge in [-0.25, -0.2) is 19.1 Å². The maximum Gasteiger partial charge on any atom is 0.329 e. The Morgan fingerprint density at radius 3 is 2.78 bits per heavy atom. The highest BCUT2D eigenvalue weighted by atomic mass is 16.5. The molecule has 0 saturated carbocycles. The van der Waals surface area contributed by atoms with Crippen LogP contribution in [0.2, 0.25) is 0 Å². The van der Waals surface area contributed by atoms with E-state index in [0.717, 1.165) is 5.56 Å². The van der Waals surface area contributed by atoms with Crippen LogP contribution in [0, 0.1) is 13.5 Å². The van der Waals surface area contributed by atoms with E-state index in [0.29, 0.717) is 17.1 Å². The lowest BCUT2D eigenvalue weighted by Crippen LogP contribution is -2.18. The van der Waals surface area contributed by atoms with Crippen molar-refractivity contribution in [3.63, 3.8) is 0 Å². The Morgan fingerprint density at radius 1 is 1.41 bits per heavy atom. The van der Waals surface area contributed by atoms with Gasteiger partial charge in [-0.2, -0.15) is 0 Å². The van der Waals surface area contributed by atoms with Crippen molar-refractivity contribution in [2.75, 3.05) is 11.9 Å². The third kappa shape index (κ3) is 3.11. The molecule has 0 aliphatic rings. The Labute approximate surface area is 155 Å². The van der Waals surface area contributed by atoms with Gasteiger partial charge in [-0.05, 0) is 25.5 Å². The number of rotatable bonds is 4. The standard InChI is InChI=1S/C19H17N5O3/c1-6-27-19(26)15-11(3)24-18(16(15)20-5)22-17(23-24)13-8-7-10(2)14(9-13)21-12(4)25/h7-9H,3,6H2,1-2,4H3,(H,21,25). The third-order valence-corrected chi connectivity index (χ3v) is 4.00. The Kier molecular flexibility index (Phi) is 4.60. The number of hydrogen-bond donors (Lipinski definition) is 1. The fourth-order valence-electron chi connectivity index (χ4n) is 2.74. The molecule has 0 aliphatic heterocycles. The van der Waals surface area contributed by atoms with E-state index in [-0.39, 0.29) is 34.8 Å². The first-order valence-corrected chi connectivity index (χ1v) is 8.21. The van der Waals surface area contributed by atoms with Gasteiger partial charge in [0.2, 0.25) is 11.6 Å². The van der Waals surface area contributed by atoms with Crippen molar-refractivity contribution >= 4 is 35.5 Å². The van der Waals surface area contributed by atoms with E-state index in [1.54, 1.807) is 13.0 Å². The minimum Gasteiger partial charge on any atom is -0.463 e. The number of fused-ring (bicyclic) bond motifs is 1. The molecule has 1 N–H and O–H groups in total. The van der Waals surface area contributed by atoms with E-state index >= 15 is 0 Å². The van der Waals surface area contributed by atoms with Crippen molar-refractivity contribution in [2.24, 2.45) is 0 Å². The molecule has 0 saturated heterocycles. The summed E-state index contributed by atoms with van der Waals surface area (Å²) in [5.74, 6) is -0.436. The SMILES string of the molecule is [C-]#[N+]c1c(C(=O)OCC)c(=C)n2nc(-c3ccc(C)c(NC(C)=O)c3)nc12. The molecule has 0 unspecified atom stereocenters. The van der Waals surface area contributed by atoms with Gasteiger partial charge in [0.25, 0.3) is 0 Å². The van der Waals surface area contributed by atoms with Crippen LogP contribution in [0.4, 0.5) is 11.4 Å². The van der Waals surface area contributed by atoms with Crippen LogP contribution >= 0.6 is 0 Å². The minimum atomic E-state index is -0.620. The smallest absolute Gasteiger partial charge is 0.329 e. The lowest BCUT2D eigenvalue weighted by atomic mass is 10.1. The number of amides is 1.